The lowest BCUT2D eigenvalue weighted by molar-refractivity contribution is 0.298. The molecule has 8 heteroatoms. The van der Waals surface area contributed by atoms with Gasteiger partial charge in [-0.1, -0.05) is 34.1 Å². The van der Waals surface area contributed by atoms with E-state index in [1.807, 2.05) is 52.9 Å². The summed E-state index contributed by atoms with van der Waals surface area (Å²) in [4.78, 5) is 15.5. The van der Waals surface area contributed by atoms with Gasteiger partial charge in [0.25, 0.3) is 5.56 Å². The van der Waals surface area contributed by atoms with Gasteiger partial charge in [-0.25, -0.2) is 4.40 Å². The molecule has 0 bridgehead atoms. The first-order valence-electron chi connectivity index (χ1n) is 9.72. The predicted octanol–water partition coefficient (Wildman–Crippen LogP) is 3.49. The highest BCUT2D eigenvalue weighted by molar-refractivity contribution is 9.10. The molecule has 1 saturated heterocycles. The summed E-state index contributed by atoms with van der Waals surface area (Å²) < 4.78 is 10.3. The fourth-order valence-corrected chi connectivity index (χ4v) is 4.23. The van der Waals surface area contributed by atoms with E-state index in [0.29, 0.717) is 24.3 Å². The van der Waals surface area contributed by atoms with Gasteiger partial charge in [0.1, 0.15) is 12.4 Å². The Bertz CT molecular complexity index is 1230. The van der Waals surface area contributed by atoms with E-state index in [0.717, 1.165) is 47.6 Å². The Morgan fingerprint density at radius 2 is 1.83 bits per heavy atom. The van der Waals surface area contributed by atoms with E-state index in [2.05, 4.69) is 31.0 Å². The van der Waals surface area contributed by atoms with Crippen LogP contribution in [0.5, 0.6) is 5.75 Å². The van der Waals surface area contributed by atoms with Crippen molar-refractivity contribution in [2.24, 2.45) is 0 Å². The lowest BCUT2D eigenvalue weighted by Crippen LogP contribution is -2.27. The third-order valence-corrected chi connectivity index (χ3v) is 5.75. The van der Waals surface area contributed by atoms with Crippen molar-refractivity contribution in [3.05, 3.63) is 63.4 Å². The SMILES string of the molecule is O=c1c2cc(Br)ccc2n2c(N3CCCC3)nnc2n1CCOc1ccccc1. The number of nitrogens with zero attached hydrogens (tertiary/aromatic N) is 5. The molecule has 29 heavy (non-hydrogen) atoms. The third kappa shape index (κ3) is 3.27. The summed E-state index contributed by atoms with van der Waals surface area (Å²) >= 11 is 3.49. The molecule has 1 aliphatic rings. The van der Waals surface area contributed by atoms with Gasteiger partial charge in [0, 0.05) is 17.6 Å². The molecule has 148 valence electrons. The molecule has 0 spiro atoms. The molecule has 4 aromatic rings. The maximum Gasteiger partial charge on any atom is 0.262 e. The number of benzene rings is 2. The van der Waals surface area contributed by atoms with E-state index in [9.17, 15) is 4.79 Å². The summed E-state index contributed by atoms with van der Waals surface area (Å²) in [5.41, 5.74) is 0.728. The van der Waals surface area contributed by atoms with Crippen LogP contribution in [0, 0.1) is 0 Å². The maximum absolute atomic E-state index is 13.3. The molecule has 0 saturated carbocycles. The normalized spacial score (nSPS) is 14.2. The van der Waals surface area contributed by atoms with Crippen LogP contribution in [0.4, 0.5) is 5.95 Å². The van der Waals surface area contributed by atoms with Crippen LogP contribution in [-0.2, 0) is 6.54 Å². The first kappa shape index (κ1) is 18.2. The number of rotatable bonds is 5. The molecule has 2 aromatic carbocycles. The number of ether oxygens (including phenoxy) is 1. The zero-order valence-electron chi connectivity index (χ0n) is 15.8. The van der Waals surface area contributed by atoms with Crippen molar-refractivity contribution in [1.82, 2.24) is 19.2 Å². The second-order valence-corrected chi connectivity index (χ2v) is 8.03. The van der Waals surface area contributed by atoms with Crippen molar-refractivity contribution in [3.63, 3.8) is 0 Å². The Balaban J connectivity index is 1.61. The zero-order chi connectivity index (χ0) is 19.8. The minimum absolute atomic E-state index is 0.0918. The summed E-state index contributed by atoms with van der Waals surface area (Å²) in [6.07, 6.45) is 2.28. The van der Waals surface area contributed by atoms with Crippen molar-refractivity contribution in [2.45, 2.75) is 19.4 Å². The van der Waals surface area contributed by atoms with Crippen LogP contribution in [0.3, 0.4) is 0 Å². The molecule has 0 atom stereocenters. The van der Waals surface area contributed by atoms with Crippen LogP contribution < -0.4 is 15.2 Å². The number of aromatic nitrogens is 4. The Labute approximate surface area is 175 Å². The van der Waals surface area contributed by atoms with Crippen LogP contribution in [0.15, 0.2) is 57.8 Å². The third-order valence-electron chi connectivity index (χ3n) is 5.26. The van der Waals surface area contributed by atoms with Crippen LogP contribution in [-0.4, -0.2) is 38.9 Å². The van der Waals surface area contributed by atoms with Crippen LogP contribution in [0.1, 0.15) is 12.8 Å². The monoisotopic (exact) mass is 453 g/mol. The molecule has 0 aliphatic carbocycles. The molecule has 1 fully saturated rings. The molecular weight excluding hydrogens is 434 g/mol. The Morgan fingerprint density at radius 1 is 1.03 bits per heavy atom. The quantitative estimate of drug-likeness (QED) is 0.462. The second kappa shape index (κ2) is 7.51. The lowest BCUT2D eigenvalue weighted by Gasteiger charge is -2.17. The maximum atomic E-state index is 13.3. The molecule has 0 N–H and O–H groups in total. The van der Waals surface area contributed by atoms with Crippen molar-refractivity contribution in [3.8, 4) is 5.75 Å². The van der Waals surface area contributed by atoms with Crippen molar-refractivity contribution >= 4 is 38.6 Å². The smallest absolute Gasteiger partial charge is 0.262 e. The zero-order valence-corrected chi connectivity index (χ0v) is 17.4. The van der Waals surface area contributed by atoms with Crippen molar-refractivity contribution in [2.75, 3.05) is 24.6 Å². The van der Waals surface area contributed by atoms with E-state index >= 15 is 0 Å². The van der Waals surface area contributed by atoms with Gasteiger partial charge in [0.15, 0.2) is 0 Å². The highest BCUT2D eigenvalue weighted by Gasteiger charge is 2.22. The summed E-state index contributed by atoms with van der Waals surface area (Å²) in [6, 6.07) is 15.3. The predicted molar refractivity (Wildman–Crippen MR) is 116 cm³/mol. The van der Waals surface area contributed by atoms with Gasteiger partial charge in [-0.2, -0.15) is 0 Å². The minimum atomic E-state index is -0.0918. The lowest BCUT2D eigenvalue weighted by atomic mass is 10.2. The highest BCUT2D eigenvalue weighted by Crippen LogP contribution is 2.24. The molecule has 0 radical (unpaired) electrons. The van der Waals surface area contributed by atoms with Gasteiger partial charge in [-0.15, -0.1) is 10.2 Å². The van der Waals surface area contributed by atoms with Gasteiger partial charge in [0.2, 0.25) is 11.7 Å². The van der Waals surface area contributed by atoms with E-state index in [1.165, 1.54) is 0 Å². The summed E-state index contributed by atoms with van der Waals surface area (Å²) in [6.45, 7) is 2.66. The van der Waals surface area contributed by atoms with Crippen LogP contribution in [0.25, 0.3) is 16.7 Å². The van der Waals surface area contributed by atoms with Crippen LogP contribution >= 0.6 is 15.9 Å². The largest absolute Gasteiger partial charge is 0.492 e. The summed E-state index contributed by atoms with van der Waals surface area (Å²) in [5, 5.41) is 9.47. The van der Waals surface area contributed by atoms with Gasteiger partial charge < -0.3 is 9.64 Å². The average molecular weight is 454 g/mol. The number of halogens is 1. The van der Waals surface area contributed by atoms with E-state index in [-0.39, 0.29) is 5.56 Å². The summed E-state index contributed by atoms with van der Waals surface area (Å²) in [5.74, 6) is 2.12. The number of para-hydroxylation sites is 1. The molecular formula is C21H20BrN5O2. The minimum Gasteiger partial charge on any atom is -0.492 e. The Morgan fingerprint density at radius 3 is 2.62 bits per heavy atom. The molecule has 2 aromatic heterocycles. The standard InChI is InChI=1S/C21H20BrN5O2/c22-15-8-9-18-17(14-15)19(28)26(12-13-29-16-6-2-1-3-7-16)21-24-23-20(27(18)21)25-10-4-5-11-25/h1-3,6-9,14H,4-5,10-13H2. The van der Waals surface area contributed by atoms with Gasteiger partial charge in [-0.05, 0) is 43.2 Å². The second-order valence-electron chi connectivity index (χ2n) is 7.11. The first-order valence-corrected chi connectivity index (χ1v) is 10.5. The number of fused-ring (bicyclic) bond motifs is 3. The van der Waals surface area contributed by atoms with Gasteiger partial charge in [0.05, 0.1) is 17.4 Å². The highest BCUT2D eigenvalue weighted by atomic mass is 79.9. The fourth-order valence-electron chi connectivity index (χ4n) is 3.86. The van der Waals surface area contributed by atoms with E-state index < -0.39 is 0 Å². The van der Waals surface area contributed by atoms with Gasteiger partial charge >= 0.3 is 0 Å². The van der Waals surface area contributed by atoms with Gasteiger partial charge in [-0.3, -0.25) is 9.36 Å². The number of hydrogen-bond donors (Lipinski definition) is 0. The van der Waals surface area contributed by atoms with E-state index in [4.69, 9.17) is 4.74 Å². The molecule has 5 rings (SSSR count). The van der Waals surface area contributed by atoms with Crippen molar-refractivity contribution in [1.29, 1.82) is 0 Å². The Kier molecular flexibility index (Phi) is 4.71. The van der Waals surface area contributed by atoms with Crippen molar-refractivity contribution < 1.29 is 4.74 Å². The first-order chi connectivity index (χ1) is 14.2. The Hall–Kier alpha value is -2.87. The topological polar surface area (TPSA) is 64.7 Å². The number of hydrogen-bond acceptors (Lipinski definition) is 5. The molecule has 3 heterocycles. The molecule has 1 aliphatic heterocycles. The summed E-state index contributed by atoms with van der Waals surface area (Å²) in [7, 11) is 0. The average Bonchev–Trinajstić information content (AvgIpc) is 3.41. The fraction of sp³-hybridized carbons (Fsp3) is 0.286. The van der Waals surface area contributed by atoms with E-state index in [1.54, 1.807) is 4.57 Å². The molecule has 0 unspecified atom stereocenters. The molecule has 7 nitrogen and oxygen atoms in total. The number of anilines is 1. The molecule has 0 amide bonds. The van der Waals surface area contributed by atoms with Crippen LogP contribution in [0.2, 0.25) is 0 Å².